The molecule has 4 rings (SSSR count). The second-order valence-corrected chi connectivity index (χ2v) is 7.90. The van der Waals surface area contributed by atoms with E-state index in [1.807, 2.05) is 51.1 Å². The first kappa shape index (κ1) is 20.7. The van der Waals surface area contributed by atoms with Gasteiger partial charge < -0.3 is 23.7 Å². The molecule has 0 N–H and O–H groups in total. The largest absolute Gasteiger partial charge is 0.462 e. The molecule has 2 fully saturated rings. The van der Waals surface area contributed by atoms with E-state index >= 15 is 0 Å². The van der Waals surface area contributed by atoms with Crippen LogP contribution < -0.4 is 4.74 Å². The minimum absolute atomic E-state index is 0.00545. The maximum absolute atomic E-state index is 10.9. The average molecular weight is 415 g/mol. The lowest BCUT2D eigenvalue weighted by atomic mass is 9.99. The molecular formula is C22H25NO7. The van der Waals surface area contributed by atoms with Gasteiger partial charge in [-0.3, -0.25) is 10.1 Å². The summed E-state index contributed by atoms with van der Waals surface area (Å²) in [4.78, 5) is 10.4. The van der Waals surface area contributed by atoms with Gasteiger partial charge in [-0.25, -0.2) is 0 Å². The number of rotatable bonds is 6. The Balaban J connectivity index is 1.49. The molecular weight excluding hydrogens is 390 g/mol. The predicted molar refractivity (Wildman–Crippen MR) is 107 cm³/mol. The van der Waals surface area contributed by atoms with Gasteiger partial charge in [-0.05, 0) is 38.5 Å². The molecule has 0 saturated carbocycles. The van der Waals surface area contributed by atoms with E-state index in [2.05, 4.69) is 0 Å². The molecule has 0 amide bonds. The van der Waals surface area contributed by atoms with Crippen molar-refractivity contribution in [1.82, 2.24) is 0 Å². The van der Waals surface area contributed by atoms with Crippen LogP contribution in [0.15, 0.2) is 54.6 Å². The monoisotopic (exact) mass is 415 g/mol. The number of fused-ring (bicyclic) bond motifs is 1. The number of hydrogen-bond acceptors (Lipinski definition) is 7. The average Bonchev–Trinajstić information content (AvgIpc) is 3.04. The van der Waals surface area contributed by atoms with Crippen LogP contribution in [0.4, 0.5) is 5.69 Å². The zero-order valence-corrected chi connectivity index (χ0v) is 17.1. The lowest BCUT2D eigenvalue weighted by molar-refractivity contribution is -0.384. The van der Waals surface area contributed by atoms with Crippen LogP contribution in [0.5, 0.6) is 5.75 Å². The van der Waals surface area contributed by atoms with Gasteiger partial charge in [-0.15, -0.1) is 0 Å². The number of nitrogens with zero attached hydrogens (tertiary/aromatic N) is 1. The first-order valence-corrected chi connectivity index (χ1v) is 9.90. The van der Waals surface area contributed by atoms with E-state index in [-0.39, 0.29) is 24.0 Å². The fraction of sp³-hybridized carbons (Fsp3) is 0.455. The van der Waals surface area contributed by atoms with Crippen LogP contribution in [-0.4, -0.2) is 41.4 Å². The lowest BCUT2D eigenvalue weighted by Gasteiger charge is -2.40. The lowest BCUT2D eigenvalue weighted by Crippen LogP contribution is -2.57. The van der Waals surface area contributed by atoms with Crippen molar-refractivity contribution in [2.24, 2.45) is 0 Å². The molecule has 160 valence electrons. The summed E-state index contributed by atoms with van der Waals surface area (Å²) in [6, 6.07) is 15.8. The van der Waals surface area contributed by atoms with Crippen molar-refractivity contribution in [3.8, 4) is 5.75 Å². The van der Waals surface area contributed by atoms with Crippen LogP contribution in [0.1, 0.15) is 26.3 Å². The van der Waals surface area contributed by atoms with E-state index in [4.69, 9.17) is 23.7 Å². The van der Waals surface area contributed by atoms with Crippen LogP contribution in [0.25, 0.3) is 0 Å². The van der Waals surface area contributed by atoms with E-state index in [1.165, 1.54) is 12.1 Å². The van der Waals surface area contributed by atoms with Crippen molar-refractivity contribution < 1.29 is 28.6 Å². The van der Waals surface area contributed by atoms with Gasteiger partial charge in [0.1, 0.15) is 18.0 Å². The molecule has 5 atom stereocenters. The number of non-ortho nitro benzene ring substituents is 1. The molecule has 0 aliphatic carbocycles. The third kappa shape index (κ3) is 4.46. The van der Waals surface area contributed by atoms with Gasteiger partial charge in [0, 0.05) is 12.1 Å². The first-order valence-electron chi connectivity index (χ1n) is 9.90. The molecule has 2 aromatic carbocycles. The van der Waals surface area contributed by atoms with Gasteiger partial charge in [0.25, 0.3) is 5.69 Å². The molecule has 0 bridgehead atoms. The van der Waals surface area contributed by atoms with E-state index in [0.717, 1.165) is 5.56 Å². The maximum Gasteiger partial charge on any atom is 0.269 e. The van der Waals surface area contributed by atoms with Crippen molar-refractivity contribution in [2.75, 3.05) is 0 Å². The van der Waals surface area contributed by atoms with Gasteiger partial charge in [-0.2, -0.15) is 0 Å². The number of nitro groups is 1. The Bertz CT molecular complexity index is 871. The molecule has 2 aromatic rings. The van der Waals surface area contributed by atoms with Gasteiger partial charge in [0.15, 0.2) is 11.9 Å². The minimum Gasteiger partial charge on any atom is -0.462 e. The highest BCUT2D eigenvalue weighted by atomic mass is 16.8. The highest BCUT2D eigenvalue weighted by Gasteiger charge is 2.55. The highest BCUT2D eigenvalue weighted by molar-refractivity contribution is 5.36. The molecule has 0 unspecified atom stereocenters. The standard InChI is InChI=1S/C22H25NO7/c1-14-18(26-13-15-7-5-4-6-8-15)19-20(30-22(2,3)29-19)21(27-14)28-17-11-9-16(10-12-17)23(24)25/h4-12,14,18-21H,13H2,1-3H3/t14-,18-,19+,20+,21-/m0/s1. The second kappa shape index (κ2) is 8.31. The Morgan fingerprint density at radius 3 is 2.37 bits per heavy atom. The van der Waals surface area contributed by atoms with Crippen LogP contribution in [0, 0.1) is 10.1 Å². The quantitative estimate of drug-likeness (QED) is 0.523. The number of ether oxygens (including phenoxy) is 5. The third-order valence-corrected chi connectivity index (χ3v) is 5.15. The van der Waals surface area contributed by atoms with Crippen molar-refractivity contribution in [1.29, 1.82) is 0 Å². The summed E-state index contributed by atoms with van der Waals surface area (Å²) in [5.41, 5.74) is 1.05. The van der Waals surface area contributed by atoms with E-state index < -0.39 is 23.1 Å². The molecule has 2 saturated heterocycles. The first-order chi connectivity index (χ1) is 14.3. The van der Waals surface area contributed by atoms with Crippen molar-refractivity contribution in [2.45, 2.75) is 63.9 Å². The molecule has 0 radical (unpaired) electrons. The zero-order valence-electron chi connectivity index (χ0n) is 17.1. The zero-order chi connectivity index (χ0) is 21.3. The predicted octanol–water partition coefficient (Wildman–Crippen LogP) is 3.82. The van der Waals surface area contributed by atoms with Crippen LogP contribution in [0.2, 0.25) is 0 Å². The van der Waals surface area contributed by atoms with Crippen LogP contribution in [0.3, 0.4) is 0 Å². The number of nitro benzene ring substituents is 1. The summed E-state index contributed by atoms with van der Waals surface area (Å²) in [7, 11) is 0. The van der Waals surface area contributed by atoms with E-state index in [1.54, 1.807) is 12.1 Å². The maximum atomic E-state index is 10.9. The van der Waals surface area contributed by atoms with E-state index in [9.17, 15) is 10.1 Å². The topological polar surface area (TPSA) is 89.3 Å². The Morgan fingerprint density at radius 1 is 1.03 bits per heavy atom. The molecule has 8 heteroatoms. The fourth-order valence-corrected chi connectivity index (χ4v) is 3.79. The summed E-state index contributed by atoms with van der Waals surface area (Å²) in [5, 5.41) is 10.9. The normalized spacial score (nSPS) is 29.9. The molecule has 2 aliphatic heterocycles. The van der Waals surface area contributed by atoms with Crippen molar-refractivity contribution >= 4 is 5.69 Å². The Morgan fingerprint density at radius 2 is 1.70 bits per heavy atom. The van der Waals surface area contributed by atoms with Crippen molar-refractivity contribution in [3.63, 3.8) is 0 Å². The Hall–Kier alpha value is -2.52. The fourth-order valence-electron chi connectivity index (χ4n) is 3.79. The van der Waals surface area contributed by atoms with Gasteiger partial charge in [-0.1, -0.05) is 30.3 Å². The van der Waals surface area contributed by atoms with Gasteiger partial charge in [0.05, 0.1) is 17.6 Å². The van der Waals surface area contributed by atoms with Gasteiger partial charge >= 0.3 is 0 Å². The summed E-state index contributed by atoms with van der Waals surface area (Å²) >= 11 is 0. The summed E-state index contributed by atoms with van der Waals surface area (Å²) in [6.07, 6.45) is -2.27. The van der Waals surface area contributed by atoms with Crippen molar-refractivity contribution in [3.05, 3.63) is 70.3 Å². The van der Waals surface area contributed by atoms with Crippen LogP contribution in [-0.2, 0) is 25.6 Å². The summed E-state index contributed by atoms with van der Waals surface area (Å²) in [6.45, 7) is 6.02. The Kier molecular flexibility index (Phi) is 5.75. The summed E-state index contributed by atoms with van der Waals surface area (Å²) < 4.78 is 30.4. The minimum atomic E-state index is -0.811. The SMILES string of the molecule is C[C@@H]1O[C@@H](Oc2ccc([N+](=O)[O-])cc2)[C@@H]2OC(C)(C)O[C@@H]2[C@H]1OCc1ccccc1. The smallest absolute Gasteiger partial charge is 0.269 e. The molecule has 0 spiro atoms. The molecule has 8 nitrogen and oxygen atoms in total. The molecule has 0 aromatic heterocycles. The number of hydrogen-bond donors (Lipinski definition) is 0. The summed E-state index contributed by atoms with van der Waals surface area (Å²) in [5.74, 6) is -0.359. The van der Waals surface area contributed by atoms with E-state index in [0.29, 0.717) is 12.4 Å². The Labute approximate surface area is 174 Å². The number of benzene rings is 2. The third-order valence-electron chi connectivity index (χ3n) is 5.15. The van der Waals surface area contributed by atoms with Crippen LogP contribution >= 0.6 is 0 Å². The molecule has 2 aliphatic rings. The second-order valence-electron chi connectivity index (χ2n) is 7.90. The van der Waals surface area contributed by atoms with Gasteiger partial charge in [0.2, 0.25) is 6.29 Å². The molecule has 2 heterocycles. The molecule has 30 heavy (non-hydrogen) atoms. The highest BCUT2D eigenvalue weighted by Crippen LogP contribution is 2.39.